The molecule has 0 bridgehead atoms. The van der Waals surface area contributed by atoms with Crippen LogP contribution >= 0.6 is 0 Å². The minimum atomic E-state index is -4.21. The predicted octanol–water partition coefficient (Wildman–Crippen LogP) is 4.85. The first-order chi connectivity index (χ1) is 19.9. The average molecular weight is 596 g/mol. The van der Waals surface area contributed by atoms with Crippen LogP contribution in [0.5, 0.6) is 11.5 Å². The lowest BCUT2D eigenvalue weighted by Crippen LogP contribution is -2.52. The van der Waals surface area contributed by atoms with Crippen LogP contribution in [0.15, 0.2) is 71.6 Å². The number of rotatable bonds is 13. The second-order valence-corrected chi connectivity index (χ2v) is 12.2. The van der Waals surface area contributed by atoms with Crippen molar-refractivity contribution in [1.82, 2.24) is 10.2 Å². The number of carbonyl (C=O) groups excluding carboxylic acids is 2. The van der Waals surface area contributed by atoms with E-state index in [4.69, 9.17) is 9.47 Å². The Labute approximate surface area is 249 Å². The van der Waals surface area contributed by atoms with Gasteiger partial charge in [-0.2, -0.15) is 0 Å². The molecule has 2 amide bonds. The van der Waals surface area contributed by atoms with Crippen LogP contribution < -0.4 is 19.1 Å². The average Bonchev–Trinajstić information content (AvgIpc) is 2.98. The highest BCUT2D eigenvalue weighted by atomic mass is 32.2. The van der Waals surface area contributed by atoms with Gasteiger partial charge in [-0.05, 0) is 81.6 Å². The summed E-state index contributed by atoms with van der Waals surface area (Å²) in [4.78, 5) is 28.8. The molecule has 0 heterocycles. The molecule has 0 aromatic heterocycles. The summed E-state index contributed by atoms with van der Waals surface area (Å²) in [5.74, 6) is 0.0820. The maximum Gasteiger partial charge on any atom is 0.264 e. The summed E-state index contributed by atoms with van der Waals surface area (Å²) < 4.78 is 40.1. The van der Waals surface area contributed by atoms with Crippen LogP contribution in [0.2, 0.25) is 0 Å². The number of nitrogens with one attached hydrogen (secondary N) is 1. The standard InChI is InChI=1S/C32H41N3O6S/c1-8-24(4)33-32(37)25(5)34(20-26-12-14-27(40-6)15-13-26)31(36)21-35(29-19-23(3)11-18-30(29)41-7)42(38,39)28-16-9-22(2)10-17-28/h9-19,24-25H,8,20-21H2,1-7H3,(H,33,37)/t24-,25-/m1/s1. The van der Waals surface area contributed by atoms with E-state index in [0.29, 0.717) is 11.5 Å². The molecule has 0 aliphatic carbocycles. The third-order valence-corrected chi connectivity index (χ3v) is 8.95. The largest absolute Gasteiger partial charge is 0.497 e. The molecule has 0 spiro atoms. The van der Waals surface area contributed by atoms with Crippen LogP contribution in [0, 0.1) is 13.8 Å². The van der Waals surface area contributed by atoms with Crippen LogP contribution in [-0.4, -0.2) is 58.0 Å². The molecule has 9 nitrogen and oxygen atoms in total. The van der Waals surface area contributed by atoms with Crippen LogP contribution in [-0.2, 0) is 26.2 Å². The Morgan fingerprint density at radius 1 is 0.881 bits per heavy atom. The maximum absolute atomic E-state index is 14.1. The van der Waals surface area contributed by atoms with Gasteiger partial charge >= 0.3 is 0 Å². The molecule has 0 aliphatic heterocycles. The molecule has 1 N–H and O–H groups in total. The molecule has 0 fully saturated rings. The topological polar surface area (TPSA) is 105 Å². The van der Waals surface area contributed by atoms with Crippen molar-refractivity contribution in [3.8, 4) is 11.5 Å². The fraction of sp³-hybridized carbons (Fsp3) is 0.375. The number of nitrogens with zero attached hydrogens (tertiary/aromatic N) is 2. The van der Waals surface area contributed by atoms with E-state index in [1.807, 2.05) is 39.8 Å². The van der Waals surface area contributed by atoms with Gasteiger partial charge in [0.1, 0.15) is 24.1 Å². The number of ether oxygens (including phenoxy) is 2. The van der Waals surface area contributed by atoms with E-state index in [1.165, 1.54) is 24.1 Å². The molecule has 0 unspecified atom stereocenters. The van der Waals surface area contributed by atoms with Gasteiger partial charge in [0, 0.05) is 12.6 Å². The number of methoxy groups -OCH3 is 2. The van der Waals surface area contributed by atoms with Crippen LogP contribution in [0.25, 0.3) is 0 Å². The number of carbonyl (C=O) groups is 2. The molecule has 3 aromatic carbocycles. The van der Waals surface area contributed by atoms with Crippen LogP contribution in [0.1, 0.15) is 43.9 Å². The van der Waals surface area contributed by atoms with Gasteiger partial charge in [-0.25, -0.2) is 8.42 Å². The number of benzene rings is 3. The molecule has 0 radical (unpaired) electrons. The highest BCUT2D eigenvalue weighted by Crippen LogP contribution is 2.34. The van der Waals surface area contributed by atoms with Crippen molar-refractivity contribution in [1.29, 1.82) is 0 Å². The van der Waals surface area contributed by atoms with Crippen LogP contribution in [0.4, 0.5) is 5.69 Å². The third kappa shape index (κ3) is 7.82. The number of hydrogen-bond donors (Lipinski definition) is 1. The van der Waals surface area contributed by atoms with Crippen molar-refractivity contribution in [2.75, 3.05) is 25.1 Å². The van der Waals surface area contributed by atoms with Crippen molar-refractivity contribution >= 4 is 27.5 Å². The summed E-state index contributed by atoms with van der Waals surface area (Å²) >= 11 is 0. The first-order valence-corrected chi connectivity index (χ1v) is 15.3. The van der Waals surface area contributed by atoms with E-state index >= 15 is 0 Å². The minimum absolute atomic E-state index is 0.0359. The quantitative estimate of drug-likeness (QED) is 0.303. The lowest BCUT2D eigenvalue weighted by atomic mass is 10.1. The molecular weight excluding hydrogens is 554 g/mol. The van der Waals surface area contributed by atoms with Gasteiger partial charge in [0.05, 0.1) is 24.8 Å². The highest BCUT2D eigenvalue weighted by molar-refractivity contribution is 7.92. The van der Waals surface area contributed by atoms with Crippen molar-refractivity contribution < 1.29 is 27.5 Å². The van der Waals surface area contributed by atoms with E-state index < -0.39 is 28.5 Å². The summed E-state index contributed by atoms with van der Waals surface area (Å²) in [6.07, 6.45) is 0.723. The van der Waals surface area contributed by atoms with Gasteiger partial charge in [0.25, 0.3) is 10.0 Å². The predicted molar refractivity (Wildman–Crippen MR) is 164 cm³/mol. The monoisotopic (exact) mass is 595 g/mol. The Morgan fingerprint density at radius 3 is 2.07 bits per heavy atom. The molecular formula is C32H41N3O6S. The number of amides is 2. The Bertz CT molecular complexity index is 1470. The lowest BCUT2D eigenvalue weighted by Gasteiger charge is -2.33. The molecule has 3 rings (SSSR count). The zero-order valence-electron chi connectivity index (χ0n) is 25.4. The number of anilines is 1. The lowest BCUT2D eigenvalue weighted by molar-refractivity contribution is -0.139. The van der Waals surface area contributed by atoms with Gasteiger partial charge < -0.3 is 19.7 Å². The fourth-order valence-corrected chi connectivity index (χ4v) is 5.74. The molecule has 0 aliphatic rings. The minimum Gasteiger partial charge on any atom is -0.497 e. The summed E-state index contributed by atoms with van der Waals surface area (Å²) in [5.41, 5.74) is 2.68. The first-order valence-electron chi connectivity index (χ1n) is 13.9. The van der Waals surface area contributed by atoms with E-state index in [2.05, 4.69) is 5.32 Å². The van der Waals surface area contributed by atoms with E-state index in [9.17, 15) is 18.0 Å². The van der Waals surface area contributed by atoms with Crippen molar-refractivity contribution in [2.45, 2.75) is 64.6 Å². The molecule has 226 valence electrons. The second kappa shape index (κ2) is 14.2. The maximum atomic E-state index is 14.1. The van der Waals surface area contributed by atoms with Gasteiger partial charge in [0.15, 0.2) is 0 Å². The summed E-state index contributed by atoms with van der Waals surface area (Å²) in [6, 6.07) is 17.8. The number of sulfonamides is 1. The number of aryl methyl sites for hydroxylation is 2. The summed E-state index contributed by atoms with van der Waals surface area (Å²) in [6.45, 7) is 8.72. The Morgan fingerprint density at radius 2 is 1.50 bits per heavy atom. The zero-order valence-corrected chi connectivity index (χ0v) is 26.2. The molecule has 3 aromatic rings. The van der Waals surface area contributed by atoms with E-state index in [-0.39, 0.29) is 29.1 Å². The smallest absolute Gasteiger partial charge is 0.264 e. The molecule has 0 saturated carbocycles. The van der Waals surface area contributed by atoms with Crippen molar-refractivity contribution in [2.24, 2.45) is 0 Å². The van der Waals surface area contributed by atoms with Gasteiger partial charge in [-0.1, -0.05) is 42.8 Å². The summed E-state index contributed by atoms with van der Waals surface area (Å²) in [5, 5.41) is 2.94. The Hall–Kier alpha value is -4.05. The fourth-order valence-electron chi connectivity index (χ4n) is 4.32. The van der Waals surface area contributed by atoms with Crippen LogP contribution in [0.3, 0.4) is 0 Å². The van der Waals surface area contributed by atoms with E-state index in [0.717, 1.165) is 27.4 Å². The van der Waals surface area contributed by atoms with Gasteiger partial charge in [-0.15, -0.1) is 0 Å². The SMILES string of the molecule is CC[C@@H](C)NC(=O)[C@@H](C)N(Cc1ccc(OC)cc1)C(=O)CN(c1cc(C)ccc1OC)S(=O)(=O)c1ccc(C)cc1. The van der Waals surface area contributed by atoms with Gasteiger partial charge in [-0.3, -0.25) is 13.9 Å². The highest BCUT2D eigenvalue weighted by Gasteiger charge is 2.34. The first kappa shape index (κ1) is 32.5. The Kier molecular flexibility index (Phi) is 11.0. The third-order valence-electron chi connectivity index (χ3n) is 7.17. The molecule has 0 saturated heterocycles. The molecule has 10 heteroatoms. The van der Waals surface area contributed by atoms with Gasteiger partial charge in [0.2, 0.25) is 11.8 Å². The van der Waals surface area contributed by atoms with Crippen molar-refractivity contribution in [3.05, 3.63) is 83.4 Å². The zero-order chi connectivity index (χ0) is 31.0. The Balaban J connectivity index is 2.09. The molecule has 2 atom stereocenters. The molecule has 42 heavy (non-hydrogen) atoms. The normalized spacial score (nSPS) is 12.6. The number of hydrogen-bond acceptors (Lipinski definition) is 6. The van der Waals surface area contributed by atoms with Crippen molar-refractivity contribution in [3.63, 3.8) is 0 Å². The van der Waals surface area contributed by atoms with E-state index in [1.54, 1.807) is 56.5 Å². The second-order valence-electron chi connectivity index (χ2n) is 10.4. The summed E-state index contributed by atoms with van der Waals surface area (Å²) in [7, 11) is -1.20.